The number of nitrogens with two attached hydrogens (primary N) is 1. The number of primary amides is 1. The normalized spacial score (nSPS) is 10.7. The van der Waals surface area contributed by atoms with E-state index in [9.17, 15) is 9.59 Å². The molecule has 0 saturated carbocycles. The Balaban J connectivity index is 2.08. The Labute approximate surface area is 117 Å². The summed E-state index contributed by atoms with van der Waals surface area (Å²) < 4.78 is 0. The van der Waals surface area contributed by atoms with Crippen LogP contribution in [0.2, 0.25) is 0 Å². The first-order valence-corrected chi connectivity index (χ1v) is 6.31. The number of nitrogens with one attached hydrogen (secondary N) is 1. The molecule has 2 aromatic rings. The number of hydrogen-bond donors (Lipinski definition) is 2. The highest BCUT2D eigenvalue weighted by molar-refractivity contribution is 5.94. The minimum Gasteiger partial charge on any atom is -0.351 e. The number of imide groups is 1. The van der Waals surface area contributed by atoms with Crippen LogP contribution in [-0.4, -0.2) is 30.4 Å². The van der Waals surface area contributed by atoms with Crippen molar-refractivity contribution in [1.82, 2.24) is 10.2 Å². The van der Waals surface area contributed by atoms with Gasteiger partial charge in [0.1, 0.15) is 0 Å². The Kier molecular flexibility index (Phi) is 4.32. The first kappa shape index (κ1) is 14.0. The highest BCUT2D eigenvalue weighted by Gasteiger charge is 2.10. The van der Waals surface area contributed by atoms with Gasteiger partial charge in [0.05, 0.1) is 6.54 Å². The van der Waals surface area contributed by atoms with Crippen LogP contribution in [-0.2, 0) is 11.3 Å². The van der Waals surface area contributed by atoms with Gasteiger partial charge in [0.15, 0.2) is 0 Å². The maximum absolute atomic E-state index is 11.5. The maximum Gasteiger partial charge on any atom is 0.318 e. The standard InChI is InChI=1S/C15H17N3O2/c1-18(10-14(19)17-15(16)20)9-12-7-4-6-11-5-2-3-8-13(11)12/h2-8H,9-10H2,1H3,(H3,16,17,19,20). The molecule has 5 nitrogen and oxygen atoms in total. The average Bonchev–Trinajstić information content (AvgIpc) is 2.38. The second-order valence-corrected chi connectivity index (χ2v) is 4.72. The van der Waals surface area contributed by atoms with E-state index < -0.39 is 11.9 Å². The van der Waals surface area contributed by atoms with Crippen molar-refractivity contribution in [2.45, 2.75) is 6.54 Å². The van der Waals surface area contributed by atoms with Crippen LogP contribution in [0.15, 0.2) is 42.5 Å². The first-order valence-electron chi connectivity index (χ1n) is 6.31. The molecule has 3 N–H and O–H groups in total. The lowest BCUT2D eigenvalue weighted by Crippen LogP contribution is -2.41. The van der Waals surface area contributed by atoms with Gasteiger partial charge in [-0.15, -0.1) is 0 Å². The number of benzene rings is 2. The maximum atomic E-state index is 11.5. The van der Waals surface area contributed by atoms with E-state index in [-0.39, 0.29) is 6.54 Å². The molecule has 20 heavy (non-hydrogen) atoms. The molecule has 5 heteroatoms. The fraction of sp³-hybridized carbons (Fsp3) is 0.200. The van der Waals surface area contributed by atoms with Crippen molar-refractivity contribution in [3.8, 4) is 0 Å². The van der Waals surface area contributed by atoms with Gasteiger partial charge in [-0.25, -0.2) is 4.79 Å². The second kappa shape index (κ2) is 6.16. The third kappa shape index (κ3) is 3.55. The lowest BCUT2D eigenvalue weighted by atomic mass is 10.0. The molecule has 0 radical (unpaired) electrons. The van der Waals surface area contributed by atoms with Crippen LogP contribution >= 0.6 is 0 Å². The van der Waals surface area contributed by atoms with Gasteiger partial charge in [0, 0.05) is 6.54 Å². The van der Waals surface area contributed by atoms with Crippen molar-refractivity contribution in [2.24, 2.45) is 5.73 Å². The topological polar surface area (TPSA) is 75.4 Å². The van der Waals surface area contributed by atoms with Gasteiger partial charge in [-0.3, -0.25) is 15.0 Å². The summed E-state index contributed by atoms with van der Waals surface area (Å²) in [6.45, 7) is 0.736. The van der Waals surface area contributed by atoms with Gasteiger partial charge in [-0.2, -0.15) is 0 Å². The summed E-state index contributed by atoms with van der Waals surface area (Å²) in [5, 5.41) is 4.39. The summed E-state index contributed by atoms with van der Waals surface area (Å²) in [5.74, 6) is -0.403. The van der Waals surface area contributed by atoms with Crippen LogP contribution in [0.3, 0.4) is 0 Å². The van der Waals surface area contributed by atoms with Gasteiger partial charge in [0.2, 0.25) is 5.91 Å². The Hall–Kier alpha value is -2.40. The second-order valence-electron chi connectivity index (χ2n) is 4.72. The molecule has 0 aliphatic heterocycles. The Bertz CT molecular complexity index is 635. The number of hydrogen-bond acceptors (Lipinski definition) is 3. The van der Waals surface area contributed by atoms with Gasteiger partial charge < -0.3 is 5.73 Å². The number of likely N-dealkylation sites (N-methyl/N-ethyl adjacent to an activating group) is 1. The third-order valence-corrected chi connectivity index (χ3v) is 3.00. The van der Waals surface area contributed by atoms with Crippen LogP contribution in [0.25, 0.3) is 10.8 Å². The van der Waals surface area contributed by atoms with E-state index >= 15 is 0 Å². The van der Waals surface area contributed by atoms with E-state index in [0.29, 0.717) is 6.54 Å². The van der Waals surface area contributed by atoms with Crippen molar-refractivity contribution in [3.63, 3.8) is 0 Å². The fourth-order valence-electron chi connectivity index (χ4n) is 2.20. The molecule has 3 amide bonds. The van der Waals surface area contributed by atoms with Gasteiger partial charge in [0.25, 0.3) is 0 Å². The van der Waals surface area contributed by atoms with Crippen LogP contribution in [0.5, 0.6) is 0 Å². The molecule has 0 fully saturated rings. The van der Waals surface area contributed by atoms with E-state index in [1.165, 1.54) is 5.39 Å². The fourth-order valence-corrected chi connectivity index (χ4v) is 2.20. The summed E-state index contributed by atoms with van der Waals surface area (Å²) in [5.41, 5.74) is 6.04. The summed E-state index contributed by atoms with van der Waals surface area (Å²) in [6, 6.07) is 13.4. The number of urea groups is 1. The average molecular weight is 271 g/mol. The Morgan fingerprint density at radius 2 is 1.85 bits per heavy atom. The summed E-state index contributed by atoms with van der Waals surface area (Å²) in [4.78, 5) is 23.9. The molecule has 2 aromatic carbocycles. The molecule has 0 saturated heterocycles. The summed E-state index contributed by atoms with van der Waals surface area (Å²) in [7, 11) is 1.82. The van der Waals surface area contributed by atoms with E-state index in [0.717, 1.165) is 10.9 Å². The van der Waals surface area contributed by atoms with Crippen LogP contribution in [0, 0.1) is 0 Å². The molecule has 0 bridgehead atoms. The number of fused-ring (bicyclic) bond motifs is 1. The highest BCUT2D eigenvalue weighted by atomic mass is 16.2. The van der Waals surface area contributed by atoms with Crippen molar-refractivity contribution in [3.05, 3.63) is 48.0 Å². The predicted octanol–water partition coefficient (Wildman–Crippen LogP) is 1.47. The van der Waals surface area contributed by atoms with Crippen molar-refractivity contribution in [2.75, 3.05) is 13.6 Å². The number of nitrogens with zero attached hydrogens (tertiary/aromatic N) is 1. The summed E-state index contributed by atoms with van der Waals surface area (Å²) in [6.07, 6.45) is 0. The SMILES string of the molecule is CN(CC(=O)NC(N)=O)Cc1cccc2ccccc12. The van der Waals surface area contributed by atoms with Crippen LogP contribution < -0.4 is 11.1 Å². The zero-order valence-corrected chi connectivity index (χ0v) is 11.3. The molecule has 104 valence electrons. The smallest absolute Gasteiger partial charge is 0.318 e. The lowest BCUT2D eigenvalue weighted by Gasteiger charge is -2.17. The minimum atomic E-state index is -0.825. The third-order valence-electron chi connectivity index (χ3n) is 3.00. The quantitative estimate of drug-likeness (QED) is 0.884. The number of amides is 3. The van der Waals surface area contributed by atoms with E-state index in [1.54, 1.807) is 0 Å². The number of carbonyl (C=O) groups excluding carboxylic acids is 2. The molecular weight excluding hydrogens is 254 g/mol. The monoisotopic (exact) mass is 271 g/mol. The van der Waals surface area contributed by atoms with Crippen molar-refractivity contribution < 1.29 is 9.59 Å². The summed E-state index contributed by atoms with van der Waals surface area (Å²) >= 11 is 0. The van der Waals surface area contributed by atoms with Gasteiger partial charge in [-0.1, -0.05) is 42.5 Å². The van der Waals surface area contributed by atoms with E-state index in [1.807, 2.05) is 36.2 Å². The number of rotatable bonds is 4. The first-order chi connectivity index (χ1) is 9.56. The Morgan fingerprint density at radius 1 is 1.15 bits per heavy atom. The molecule has 0 heterocycles. The minimum absolute atomic E-state index is 0.117. The molecule has 0 aromatic heterocycles. The van der Waals surface area contributed by atoms with E-state index in [2.05, 4.69) is 23.5 Å². The Morgan fingerprint density at radius 3 is 2.60 bits per heavy atom. The molecule has 0 atom stereocenters. The largest absolute Gasteiger partial charge is 0.351 e. The molecule has 0 aliphatic carbocycles. The zero-order chi connectivity index (χ0) is 14.5. The molecule has 0 unspecified atom stereocenters. The highest BCUT2D eigenvalue weighted by Crippen LogP contribution is 2.19. The van der Waals surface area contributed by atoms with Crippen LogP contribution in [0.4, 0.5) is 4.79 Å². The lowest BCUT2D eigenvalue weighted by molar-refractivity contribution is -0.120. The number of carbonyl (C=O) groups is 2. The zero-order valence-electron chi connectivity index (χ0n) is 11.3. The van der Waals surface area contributed by atoms with Gasteiger partial charge in [-0.05, 0) is 23.4 Å². The molecule has 0 spiro atoms. The predicted molar refractivity (Wildman–Crippen MR) is 78.0 cm³/mol. The van der Waals surface area contributed by atoms with E-state index in [4.69, 9.17) is 5.73 Å². The molecule has 2 rings (SSSR count). The van der Waals surface area contributed by atoms with Crippen molar-refractivity contribution in [1.29, 1.82) is 0 Å². The molecule has 0 aliphatic rings. The molecular formula is C15H17N3O2. The van der Waals surface area contributed by atoms with Crippen molar-refractivity contribution >= 4 is 22.7 Å². The van der Waals surface area contributed by atoms with Gasteiger partial charge >= 0.3 is 6.03 Å². The van der Waals surface area contributed by atoms with Crippen LogP contribution in [0.1, 0.15) is 5.56 Å².